The summed E-state index contributed by atoms with van der Waals surface area (Å²) in [4.78, 5) is 8.57. The van der Waals surface area contributed by atoms with Crippen molar-refractivity contribution in [3.63, 3.8) is 0 Å². The van der Waals surface area contributed by atoms with Crippen molar-refractivity contribution in [2.75, 3.05) is 6.54 Å². The molecule has 18 heavy (non-hydrogen) atoms. The lowest BCUT2D eigenvalue weighted by molar-refractivity contribution is 0.297. The van der Waals surface area contributed by atoms with Crippen LogP contribution in [0.25, 0.3) is 11.4 Å². The molecule has 0 amide bonds. The van der Waals surface area contributed by atoms with Crippen LogP contribution in [0.1, 0.15) is 36.8 Å². The number of hydrogen-bond donors (Lipinski definition) is 1. The molecule has 2 aromatic heterocycles. The molecule has 0 saturated carbocycles. The molecule has 1 saturated heterocycles. The molecule has 3 rings (SSSR count). The Balaban J connectivity index is 1.87. The molecule has 5 nitrogen and oxygen atoms in total. The number of rotatable bonds is 2. The fourth-order valence-electron chi connectivity index (χ4n) is 2.27. The second-order valence-corrected chi connectivity index (χ2v) is 4.65. The van der Waals surface area contributed by atoms with Gasteiger partial charge in [-0.15, -0.1) is 0 Å². The van der Waals surface area contributed by atoms with Crippen molar-refractivity contribution in [2.45, 2.75) is 32.2 Å². The molecule has 1 aliphatic heterocycles. The molecule has 94 valence electrons. The Morgan fingerprint density at radius 3 is 3.11 bits per heavy atom. The average Bonchev–Trinajstić information content (AvgIpc) is 2.90. The fraction of sp³-hybridized carbons (Fsp3) is 0.462. The monoisotopic (exact) mass is 244 g/mol. The lowest BCUT2D eigenvalue weighted by Gasteiger charge is -2.19. The second-order valence-electron chi connectivity index (χ2n) is 4.65. The van der Waals surface area contributed by atoms with Crippen molar-refractivity contribution in [3.05, 3.63) is 29.9 Å². The first-order valence-corrected chi connectivity index (χ1v) is 6.32. The minimum atomic E-state index is 0.210. The van der Waals surface area contributed by atoms with Crippen LogP contribution in [0.4, 0.5) is 0 Å². The number of aromatic nitrogens is 3. The van der Waals surface area contributed by atoms with Crippen LogP contribution >= 0.6 is 0 Å². The van der Waals surface area contributed by atoms with E-state index in [0.29, 0.717) is 11.7 Å². The highest BCUT2D eigenvalue weighted by Crippen LogP contribution is 2.25. The lowest BCUT2D eigenvalue weighted by atomic mass is 10.1. The highest BCUT2D eigenvalue weighted by atomic mass is 16.5. The van der Waals surface area contributed by atoms with Gasteiger partial charge in [-0.1, -0.05) is 11.6 Å². The van der Waals surface area contributed by atoms with Gasteiger partial charge in [-0.05, 0) is 37.9 Å². The Hall–Kier alpha value is -1.75. The van der Waals surface area contributed by atoms with Crippen molar-refractivity contribution in [3.8, 4) is 11.4 Å². The van der Waals surface area contributed by atoms with Gasteiger partial charge in [0.05, 0.1) is 6.04 Å². The normalized spacial score (nSPS) is 19.9. The average molecular weight is 244 g/mol. The van der Waals surface area contributed by atoms with E-state index in [-0.39, 0.29) is 6.04 Å². The van der Waals surface area contributed by atoms with Gasteiger partial charge in [-0.25, -0.2) is 0 Å². The molecule has 0 aromatic carbocycles. The summed E-state index contributed by atoms with van der Waals surface area (Å²) in [5.41, 5.74) is 2.04. The van der Waals surface area contributed by atoms with Gasteiger partial charge in [-0.2, -0.15) is 4.98 Å². The minimum absolute atomic E-state index is 0.210. The molecule has 3 heterocycles. The molecule has 5 heteroatoms. The van der Waals surface area contributed by atoms with E-state index in [9.17, 15) is 0 Å². The third-order valence-electron chi connectivity index (χ3n) is 3.31. The molecule has 2 aromatic rings. The Bertz CT molecular complexity index is 531. The summed E-state index contributed by atoms with van der Waals surface area (Å²) in [5.74, 6) is 1.35. The fourth-order valence-corrected chi connectivity index (χ4v) is 2.27. The van der Waals surface area contributed by atoms with E-state index in [4.69, 9.17) is 4.52 Å². The van der Waals surface area contributed by atoms with E-state index >= 15 is 0 Å². The van der Waals surface area contributed by atoms with E-state index in [2.05, 4.69) is 20.4 Å². The van der Waals surface area contributed by atoms with Crippen LogP contribution in [-0.4, -0.2) is 21.7 Å². The van der Waals surface area contributed by atoms with E-state index in [0.717, 1.165) is 24.1 Å². The van der Waals surface area contributed by atoms with Crippen LogP contribution in [0, 0.1) is 6.92 Å². The van der Waals surface area contributed by atoms with Crippen molar-refractivity contribution in [1.29, 1.82) is 0 Å². The van der Waals surface area contributed by atoms with Crippen LogP contribution in [0.2, 0.25) is 0 Å². The van der Waals surface area contributed by atoms with E-state index in [1.165, 1.54) is 12.8 Å². The summed E-state index contributed by atoms with van der Waals surface area (Å²) in [6.07, 6.45) is 7.06. The minimum Gasteiger partial charge on any atom is -0.337 e. The molecular formula is C13H16N4O. The maximum absolute atomic E-state index is 5.37. The van der Waals surface area contributed by atoms with Gasteiger partial charge >= 0.3 is 0 Å². The van der Waals surface area contributed by atoms with Crippen LogP contribution in [0.5, 0.6) is 0 Å². The predicted molar refractivity (Wildman–Crippen MR) is 66.9 cm³/mol. The quantitative estimate of drug-likeness (QED) is 0.877. The summed E-state index contributed by atoms with van der Waals surface area (Å²) < 4.78 is 5.37. The first kappa shape index (κ1) is 11.3. The van der Waals surface area contributed by atoms with Gasteiger partial charge in [0, 0.05) is 18.0 Å². The zero-order valence-electron chi connectivity index (χ0n) is 10.4. The molecule has 1 unspecified atom stereocenters. The predicted octanol–water partition coefficient (Wildman–Crippen LogP) is 2.25. The highest BCUT2D eigenvalue weighted by Gasteiger charge is 2.21. The van der Waals surface area contributed by atoms with E-state index in [1.54, 1.807) is 6.20 Å². The Kier molecular flexibility index (Phi) is 3.06. The van der Waals surface area contributed by atoms with Crippen LogP contribution < -0.4 is 5.32 Å². The van der Waals surface area contributed by atoms with E-state index < -0.39 is 0 Å². The molecule has 1 atom stereocenters. The van der Waals surface area contributed by atoms with Gasteiger partial charge in [0.25, 0.3) is 0 Å². The van der Waals surface area contributed by atoms with Crippen molar-refractivity contribution < 1.29 is 4.52 Å². The largest absolute Gasteiger partial charge is 0.337 e. The molecule has 1 aliphatic rings. The molecule has 0 aliphatic carbocycles. The SMILES string of the molecule is Cc1cnccc1-c1noc(C2CCCCN2)n1. The summed E-state index contributed by atoms with van der Waals surface area (Å²) in [6, 6.07) is 2.13. The number of nitrogens with zero attached hydrogens (tertiary/aromatic N) is 3. The van der Waals surface area contributed by atoms with Crippen LogP contribution in [0.15, 0.2) is 23.0 Å². The topological polar surface area (TPSA) is 63.8 Å². The van der Waals surface area contributed by atoms with Gasteiger partial charge in [0.2, 0.25) is 11.7 Å². The summed E-state index contributed by atoms with van der Waals surface area (Å²) in [6.45, 7) is 3.02. The first-order valence-electron chi connectivity index (χ1n) is 6.32. The first-order chi connectivity index (χ1) is 8.84. The zero-order valence-corrected chi connectivity index (χ0v) is 10.4. The maximum Gasteiger partial charge on any atom is 0.244 e. The third kappa shape index (κ3) is 2.13. The number of pyridine rings is 1. The summed E-state index contributed by atoms with van der Waals surface area (Å²) >= 11 is 0. The zero-order chi connectivity index (χ0) is 12.4. The van der Waals surface area contributed by atoms with Crippen LogP contribution in [0.3, 0.4) is 0 Å². The number of hydrogen-bond acceptors (Lipinski definition) is 5. The summed E-state index contributed by atoms with van der Waals surface area (Å²) in [5, 5.41) is 7.47. The van der Waals surface area contributed by atoms with Crippen molar-refractivity contribution in [1.82, 2.24) is 20.4 Å². The third-order valence-corrected chi connectivity index (χ3v) is 3.31. The molecule has 1 N–H and O–H groups in total. The Morgan fingerprint density at radius 1 is 1.39 bits per heavy atom. The highest BCUT2D eigenvalue weighted by molar-refractivity contribution is 5.57. The standard InChI is InChI=1S/C13H16N4O/c1-9-8-14-7-5-10(9)12-16-13(18-17-12)11-4-2-3-6-15-11/h5,7-8,11,15H,2-4,6H2,1H3. The van der Waals surface area contributed by atoms with E-state index in [1.807, 2.05) is 19.2 Å². The summed E-state index contributed by atoms with van der Waals surface area (Å²) in [7, 11) is 0. The molecule has 1 fully saturated rings. The number of aryl methyl sites for hydroxylation is 1. The van der Waals surface area contributed by atoms with Crippen molar-refractivity contribution >= 4 is 0 Å². The number of piperidine rings is 1. The molecule has 0 bridgehead atoms. The van der Waals surface area contributed by atoms with Gasteiger partial charge < -0.3 is 9.84 Å². The molecular weight excluding hydrogens is 228 g/mol. The smallest absolute Gasteiger partial charge is 0.244 e. The molecule has 0 radical (unpaired) electrons. The van der Waals surface area contributed by atoms with Gasteiger partial charge in [-0.3, -0.25) is 4.98 Å². The lowest BCUT2D eigenvalue weighted by Crippen LogP contribution is -2.26. The van der Waals surface area contributed by atoms with Gasteiger partial charge in [0.1, 0.15) is 0 Å². The van der Waals surface area contributed by atoms with Gasteiger partial charge in [0.15, 0.2) is 0 Å². The number of nitrogens with one attached hydrogen (secondary N) is 1. The molecule has 0 spiro atoms. The maximum atomic E-state index is 5.37. The Labute approximate surface area is 106 Å². The Morgan fingerprint density at radius 2 is 2.33 bits per heavy atom. The van der Waals surface area contributed by atoms with Crippen LogP contribution in [-0.2, 0) is 0 Å². The van der Waals surface area contributed by atoms with Crippen molar-refractivity contribution in [2.24, 2.45) is 0 Å². The second kappa shape index (κ2) is 4.86.